The van der Waals surface area contributed by atoms with Gasteiger partial charge in [-0.25, -0.2) is 0 Å². The predicted molar refractivity (Wildman–Crippen MR) is 77.7 cm³/mol. The summed E-state index contributed by atoms with van der Waals surface area (Å²) in [5.41, 5.74) is 6.23. The molecule has 0 bridgehead atoms. The maximum absolute atomic E-state index is 11.7. The molecule has 3 N–H and O–H groups in total. The lowest BCUT2D eigenvalue weighted by atomic mass is 10.2. The number of esters is 1. The Morgan fingerprint density at radius 1 is 1.38 bits per heavy atom. The van der Waals surface area contributed by atoms with E-state index in [1.807, 2.05) is 0 Å². The molecule has 0 aromatic heterocycles. The zero-order chi connectivity index (χ0) is 15.1. The van der Waals surface area contributed by atoms with Gasteiger partial charge in [-0.3, -0.25) is 9.59 Å². The van der Waals surface area contributed by atoms with Gasteiger partial charge in [-0.1, -0.05) is 6.07 Å². The molecule has 1 heterocycles. The predicted octanol–water partition coefficient (Wildman–Crippen LogP) is 1.25. The number of nitrogens with one attached hydrogen (secondary N) is 1. The molecule has 0 spiro atoms. The number of hydrogen-bond donors (Lipinski definition) is 2. The number of carbonyl (C=O) groups excluding carboxylic acids is 2. The van der Waals surface area contributed by atoms with E-state index >= 15 is 0 Å². The lowest BCUT2D eigenvalue weighted by Gasteiger charge is -2.14. The SMILES string of the molecule is Nc1cccc(OCCC(=O)OC2CCCCNC2=O)c1. The molecule has 1 aliphatic heterocycles. The van der Waals surface area contributed by atoms with Crippen LogP contribution in [0.1, 0.15) is 25.7 Å². The van der Waals surface area contributed by atoms with E-state index in [1.165, 1.54) is 0 Å². The van der Waals surface area contributed by atoms with Crippen molar-refractivity contribution >= 4 is 17.6 Å². The first-order valence-corrected chi connectivity index (χ1v) is 7.10. The van der Waals surface area contributed by atoms with Crippen molar-refractivity contribution in [3.63, 3.8) is 0 Å². The van der Waals surface area contributed by atoms with Crippen LogP contribution in [0.2, 0.25) is 0 Å². The molecular formula is C15H20N2O4. The van der Waals surface area contributed by atoms with Gasteiger partial charge in [0.1, 0.15) is 5.75 Å². The minimum Gasteiger partial charge on any atom is -0.493 e. The summed E-state index contributed by atoms with van der Waals surface area (Å²) in [6, 6.07) is 6.98. The van der Waals surface area contributed by atoms with E-state index in [9.17, 15) is 9.59 Å². The van der Waals surface area contributed by atoms with Crippen LogP contribution in [0.25, 0.3) is 0 Å². The fourth-order valence-corrected chi connectivity index (χ4v) is 2.10. The van der Waals surface area contributed by atoms with Crippen molar-refractivity contribution in [2.24, 2.45) is 0 Å². The Morgan fingerprint density at radius 3 is 3.05 bits per heavy atom. The van der Waals surface area contributed by atoms with Crippen LogP contribution in [0.5, 0.6) is 5.75 Å². The van der Waals surface area contributed by atoms with Gasteiger partial charge in [-0.2, -0.15) is 0 Å². The van der Waals surface area contributed by atoms with Gasteiger partial charge in [-0.05, 0) is 31.4 Å². The third-order valence-corrected chi connectivity index (χ3v) is 3.19. The normalized spacial score (nSPS) is 18.5. The van der Waals surface area contributed by atoms with Gasteiger partial charge in [0, 0.05) is 18.3 Å². The second-order valence-corrected chi connectivity index (χ2v) is 4.94. The Hall–Kier alpha value is -2.24. The van der Waals surface area contributed by atoms with Gasteiger partial charge in [0.25, 0.3) is 5.91 Å². The highest BCUT2D eigenvalue weighted by Gasteiger charge is 2.24. The molecule has 1 atom stereocenters. The van der Waals surface area contributed by atoms with Crippen molar-refractivity contribution < 1.29 is 19.1 Å². The van der Waals surface area contributed by atoms with E-state index in [0.29, 0.717) is 24.4 Å². The van der Waals surface area contributed by atoms with Crippen molar-refractivity contribution in [2.75, 3.05) is 18.9 Å². The molecule has 114 valence electrons. The minimum absolute atomic E-state index is 0.0958. The smallest absolute Gasteiger partial charge is 0.310 e. The molecule has 1 fully saturated rings. The van der Waals surface area contributed by atoms with E-state index in [0.717, 1.165) is 12.8 Å². The number of benzene rings is 1. The molecule has 1 aromatic carbocycles. The molecule has 0 radical (unpaired) electrons. The summed E-state index contributed by atoms with van der Waals surface area (Å²) in [6.07, 6.45) is 1.79. The van der Waals surface area contributed by atoms with Gasteiger partial charge in [0.15, 0.2) is 6.10 Å². The summed E-state index contributed by atoms with van der Waals surface area (Å²) in [5.74, 6) is -0.0337. The quantitative estimate of drug-likeness (QED) is 0.629. The molecule has 21 heavy (non-hydrogen) atoms. The van der Waals surface area contributed by atoms with Crippen molar-refractivity contribution in [1.29, 1.82) is 0 Å². The van der Waals surface area contributed by atoms with Crippen LogP contribution in [-0.4, -0.2) is 31.1 Å². The number of rotatable bonds is 5. The van der Waals surface area contributed by atoms with Crippen LogP contribution in [-0.2, 0) is 14.3 Å². The molecule has 1 unspecified atom stereocenters. The summed E-state index contributed by atoms with van der Waals surface area (Å²) in [5, 5.41) is 2.73. The number of nitrogens with two attached hydrogens (primary N) is 1. The van der Waals surface area contributed by atoms with Crippen LogP contribution in [0, 0.1) is 0 Å². The number of anilines is 1. The standard InChI is InChI=1S/C15H20N2O4/c16-11-4-3-5-12(10-11)20-9-7-14(18)21-13-6-1-2-8-17-15(13)19/h3-5,10,13H,1-2,6-9,16H2,(H,17,19). The number of ether oxygens (including phenoxy) is 2. The van der Waals surface area contributed by atoms with Gasteiger partial charge in [-0.15, -0.1) is 0 Å². The first kappa shape index (κ1) is 15.2. The average Bonchev–Trinajstić information content (AvgIpc) is 2.64. The third-order valence-electron chi connectivity index (χ3n) is 3.19. The molecule has 6 heteroatoms. The number of nitrogen functional groups attached to an aromatic ring is 1. The van der Waals surface area contributed by atoms with Gasteiger partial charge in [0.05, 0.1) is 13.0 Å². The molecule has 1 saturated heterocycles. The highest BCUT2D eigenvalue weighted by Crippen LogP contribution is 2.15. The number of carbonyl (C=O) groups is 2. The van der Waals surface area contributed by atoms with E-state index in [2.05, 4.69) is 5.32 Å². The lowest BCUT2D eigenvalue weighted by Crippen LogP contribution is -2.36. The highest BCUT2D eigenvalue weighted by atomic mass is 16.6. The zero-order valence-electron chi connectivity index (χ0n) is 11.8. The van der Waals surface area contributed by atoms with Gasteiger partial charge >= 0.3 is 5.97 Å². The Bertz CT molecular complexity index is 504. The average molecular weight is 292 g/mol. The van der Waals surface area contributed by atoms with Crippen LogP contribution in [0.4, 0.5) is 5.69 Å². The number of amides is 1. The van der Waals surface area contributed by atoms with E-state index in [1.54, 1.807) is 24.3 Å². The first-order chi connectivity index (χ1) is 10.1. The van der Waals surface area contributed by atoms with E-state index < -0.39 is 12.1 Å². The maximum atomic E-state index is 11.7. The molecular weight excluding hydrogens is 272 g/mol. The van der Waals surface area contributed by atoms with Crippen molar-refractivity contribution in [1.82, 2.24) is 5.32 Å². The monoisotopic (exact) mass is 292 g/mol. The van der Waals surface area contributed by atoms with E-state index in [-0.39, 0.29) is 18.9 Å². The Labute approximate surface area is 123 Å². The summed E-state index contributed by atoms with van der Waals surface area (Å²) >= 11 is 0. The molecule has 6 nitrogen and oxygen atoms in total. The lowest BCUT2D eigenvalue weighted by molar-refractivity contribution is -0.156. The highest BCUT2D eigenvalue weighted by molar-refractivity contribution is 5.83. The zero-order valence-corrected chi connectivity index (χ0v) is 11.8. The Morgan fingerprint density at radius 2 is 2.24 bits per heavy atom. The van der Waals surface area contributed by atoms with Crippen LogP contribution < -0.4 is 15.8 Å². The molecule has 0 saturated carbocycles. The summed E-state index contributed by atoms with van der Waals surface area (Å²) in [4.78, 5) is 23.4. The number of hydrogen-bond acceptors (Lipinski definition) is 5. The fourth-order valence-electron chi connectivity index (χ4n) is 2.10. The molecule has 1 aliphatic rings. The Balaban J connectivity index is 1.73. The summed E-state index contributed by atoms with van der Waals surface area (Å²) in [7, 11) is 0. The van der Waals surface area contributed by atoms with Gasteiger partial charge < -0.3 is 20.5 Å². The third kappa shape index (κ3) is 4.98. The second kappa shape index (κ2) is 7.52. The topological polar surface area (TPSA) is 90.7 Å². The van der Waals surface area contributed by atoms with Crippen molar-refractivity contribution in [3.8, 4) is 5.75 Å². The van der Waals surface area contributed by atoms with Crippen molar-refractivity contribution in [2.45, 2.75) is 31.8 Å². The molecule has 1 aromatic rings. The van der Waals surface area contributed by atoms with Gasteiger partial charge in [0.2, 0.25) is 0 Å². The van der Waals surface area contributed by atoms with Crippen LogP contribution in [0.15, 0.2) is 24.3 Å². The maximum Gasteiger partial charge on any atom is 0.310 e. The minimum atomic E-state index is -0.674. The van der Waals surface area contributed by atoms with Crippen LogP contribution >= 0.6 is 0 Å². The van der Waals surface area contributed by atoms with Crippen LogP contribution in [0.3, 0.4) is 0 Å². The molecule has 2 rings (SSSR count). The Kier molecular flexibility index (Phi) is 5.43. The van der Waals surface area contributed by atoms with E-state index in [4.69, 9.17) is 15.2 Å². The molecule has 1 amide bonds. The first-order valence-electron chi connectivity index (χ1n) is 7.10. The van der Waals surface area contributed by atoms with Crippen molar-refractivity contribution in [3.05, 3.63) is 24.3 Å². The largest absolute Gasteiger partial charge is 0.493 e. The molecule has 0 aliphatic carbocycles. The summed E-state index contributed by atoms with van der Waals surface area (Å²) < 4.78 is 10.6. The fraction of sp³-hybridized carbons (Fsp3) is 0.467. The summed E-state index contributed by atoms with van der Waals surface area (Å²) in [6.45, 7) is 0.835. The second-order valence-electron chi connectivity index (χ2n) is 4.94.